The third kappa shape index (κ3) is 5.56. The molecule has 2 aromatic rings. The highest BCUT2D eigenvalue weighted by molar-refractivity contribution is 9.11. The summed E-state index contributed by atoms with van der Waals surface area (Å²) in [6, 6.07) is 9.84. The molecule has 0 fully saturated rings. The predicted octanol–water partition coefficient (Wildman–Crippen LogP) is 4.57. The Balaban J connectivity index is 2.02. The fourth-order valence-corrected chi connectivity index (χ4v) is 5.64. The average Bonchev–Trinajstić information content (AvgIpc) is 2.62. The number of sulfonamides is 1. The van der Waals surface area contributed by atoms with Crippen molar-refractivity contribution in [1.82, 2.24) is 4.31 Å². The van der Waals surface area contributed by atoms with Gasteiger partial charge in [0.15, 0.2) is 6.61 Å². The molecule has 0 bridgehead atoms. The van der Waals surface area contributed by atoms with E-state index >= 15 is 0 Å². The summed E-state index contributed by atoms with van der Waals surface area (Å²) in [6.07, 6.45) is 0. The molecule has 6 nitrogen and oxygen atoms in total. The molecule has 0 saturated heterocycles. The number of aryl methyl sites for hydroxylation is 1. The molecule has 0 aliphatic carbocycles. The molecular weight excluding hydrogens is 512 g/mol. The van der Waals surface area contributed by atoms with Gasteiger partial charge in [-0.25, -0.2) is 8.42 Å². The molecule has 0 spiro atoms. The highest BCUT2D eigenvalue weighted by Gasteiger charge is 2.21. The molecule has 0 aromatic heterocycles. The van der Waals surface area contributed by atoms with Crippen molar-refractivity contribution in [2.45, 2.75) is 25.7 Å². The summed E-state index contributed by atoms with van der Waals surface area (Å²) in [6.45, 7) is 6.11. The van der Waals surface area contributed by atoms with Gasteiger partial charge in [-0.1, -0.05) is 29.8 Å². The van der Waals surface area contributed by atoms with Crippen LogP contribution in [0.5, 0.6) is 5.75 Å². The molecule has 28 heavy (non-hydrogen) atoms. The van der Waals surface area contributed by atoms with Crippen molar-refractivity contribution >= 4 is 53.5 Å². The highest BCUT2D eigenvalue weighted by Crippen LogP contribution is 2.32. The molecule has 0 aliphatic rings. The van der Waals surface area contributed by atoms with E-state index in [1.807, 2.05) is 19.1 Å². The molecule has 1 amide bonds. The van der Waals surface area contributed by atoms with Gasteiger partial charge in [-0.2, -0.15) is 4.31 Å². The molecular formula is C19H22Br2N2O4S. The van der Waals surface area contributed by atoms with Crippen molar-refractivity contribution in [3.05, 3.63) is 50.9 Å². The summed E-state index contributed by atoms with van der Waals surface area (Å²) in [5.74, 6) is 0.257. The molecule has 0 heterocycles. The lowest BCUT2D eigenvalue weighted by Crippen LogP contribution is -2.30. The number of rotatable bonds is 8. The summed E-state index contributed by atoms with van der Waals surface area (Å²) in [7, 11) is -3.52. The lowest BCUT2D eigenvalue weighted by Gasteiger charge is -2.18. The molecule has 0 radical (unpaired) electrons. The fraction of sp³-hybridized carbons (Fsp3) is 0.316. The van der Waals surface area contributed by atoms with Gasteiger partial charge in [-0.3, -0.25) is 4.79 Å². The lowest BCUT2D eigenvalue weighted by atomic mass is 10.2. The Kier molecular flexibility index (Phi) is 8.06. The van der Waals surface area contributed by atoms with Gasteiger partial charge in [0.25, 0.3) is 5.91 Å². The van der Waals surface area contributed by atoms with E-state index in [1.54, 1.807) is 26.0 Å². The standard InChI is InChI=1S/C19H22Br2N2O4S/c1-4-23(5-2)28(25,26)16-8-6-15(7-9-16)22-18(24)12-27-19-13(3)10-14(20)11-17(19)21/h6-11H,4-5,12H2,1-3H3,(H,22,24). The van der Waals surface area contributed by atoms with Crippen LogP contribution in [-0.4, -0.2) is 38.3 Å². The Morgan fingerprint density at radius 1 is 1.11 bits per heavy atom. The molecule has 0 unspecified atom stereocenters. The molecule has 2 aromatic carbocycles. The molecule has 0 atom stereocenters. The number of anilines is 1. The minimum atomic E-state index is -3.52. The van der Waals surface area contributed by atoms with Crippen molar-refractivity contribution in [2.24, 2.45) is 0 Å². The van der Waals surface area contributed by atoms with Crippen LogP contribution in [0.4, 0.5) is 5.69 Å². The Morgan fingerprint density at radius 3 is 2.25 bits per heavy atom. The van der Waals surface area contributed by atoms with Crippen LogP contribution in [0.2, 0.25) is 0 Å². The second-order valence-corrected chi connectivity index (χ2v) is 9.69. The summed E-state index contributed by atoms with van der Waals surface area (Å²) >= 11 is 6.82. The summed E-state index contributed by atoms with van der Waals surface area (Å²) in [4.78, 5) is 12.4. The first kappa shape index (κ1) is 22.9. The van der Waals surface area contributed by atoms with Gasteiger partial charge in [0, 0.05) is 23.2 Å². The summed E-state index contributed by atoms with van der Waals surface area (Å²) < 4.78 is 33.6. The number of nitrogens with one attached hydrogen (secondary N) is 1. The van der Waals surface area contributed by atoms with Gasteiger partial charge in [-0.05, 0) is 64.8 Å². The molecule has 0 saturated carbocycles. The maximum absolute atomic E-state index is 12.5. The quantitative estimate of drug-likeness (QED) is 0.539. The zero-order valence-electron chi connectivity index (χ0n) is 15.8. The first-order chi connectivity index (χ1) is 13.2. The Bertz CT molecular complexity index is 920. The zero-order valence-corrected chi connectivity index (χ0v) is 19.8. The van der Waals surface area contributed by atoms with Crippen LogP contribution in [0, 0.1) is 6.92 Å². The van der Waals surface area contributed by atoms with Crippen molar-refractivity contribution in [2.75, 3.05) is 25.0 Å². The number of nitrogens with zero attached hydrogens (tertiary/aromatic N) is 1. The van der Waals surface area contributed by atoms with Crippen molar-refractivity contribution in [1.29, 1.82) is 0 Å². The number of hydrogen-bond acceptors (Lipinski definition) is 4. The van der Waals surface area contributed by atoms with Gasteiger partial charge in [0.1, 0.15) is 5.75 Å². The van der Waals surface area contributed by atoms with Gasteiger partial charge in [0.2, 0.25) is 10.0 Å². The highest BCUT2D eigenvalue weighted by atomic mass is 79.9. The van der Waals surface area contributed by atoms with Crippen LogP contribution >= 0.6 is 31.9 Å². The molecule has 2 rings (SSSR count). The van der Waals surface area contributed by atoms with Crippen molar-refractivity contribution in [3.8, 4) is 5.75 Å². The summed E-state index contributed by atoms with van der Waals surface area (Å²) in [5.41, 5.74) is 1.39. The van der Waals surface area contributed by atoms with Crippen LogP contribution in [0.3, 0.4) is 0 Å². The fourth-order valence-electron chi connectivity index (χ4n) is 2.63. The van der Waals surface area contributed by atoms with E-state index in [-0.39, 0.29) is 17.4 Å². The van der Waals surface area contributed by atoms with E-state index in [0.717, 1.165) is 14.5 Å². The average molecular weight is 534 g/mol. The van der Waals surface area contributed by atoms with Gasteiger partial charge < -0.3 is 10.1 Å². The van der Waals surface area contributed by atoms with Crippen LogP contribution in [0.25, 0.3) is 0 Å². The van der Waals surface area contributed by atoms with Crippen LogP contribution in [0.15, 0.2) is 50.2 Å². The van der Waals surface area contributed by atoms with Crippen molar-refractivity contribution < 1.29 is 17.9 Å². The number of carbonyl (C=O) groups excluding carboxylic acids is 1. The topological polar surface area (TPSA) is 75.7 Å². The van der Waals surface area contributed by atoms with E-state index in [2.05, 4.69) is 37.2 Å². The normalized spacial score (nSPS) is 11.5. The van der Waals surface area contributed by atoms with Gasteiger partial charge >= 0.3 is 0 Å². The van der Waals surface area contributed by atoms with Gasteiger partial charge in [-0.15, -0.1) is 0 Å². The Morgan fingerprint density at radius 2 is 1.71 bits per heavy atom. The molecule has 1 N–H and O–H groups in total. The number of ether oxygens (including phenoxy) is 1. The molecule has 0 aliphatic heterocycles. The first-order valence-corrected chi connectivity index (χ1v) is 11.7. The predicted molar refractivity (Wildman–Crippen MR) is 117 cm³/mol. The Labute approximate surface area is 182 Å². The van der Waals surface area contributed by atoms with E-state index in [4.69, 9.17) is 4.74 Å². The third-order valence-electron chi connectivity index (χ3n) is 4.02. The maximum atomic E-state index is 12.5. The van der Waals surface area contributed by atoms with E-state index in [1.165, 1.54) is 16.4 Å². The third-order valence-corrected chi connectivity index (χ3v) is 7.13. The van der Waals surface area contributed by atoms with E-state index in [9.17, 15) is 13.2 Å². The van der Waals surface area contributed by atoms with E-state index < -0.39 is 10.0 Å². The van der Waals surface area contributed by atoms with Crippen LogP contribution in [-0.2, 0) is 14.8 Å². The van der Waals surface area contributed by atoms with Crippen molar-refractivity contribution in [3.63, 3.8) is 0 Å². The second-order valence-electron chi connectivity index (χ2n) is 5.98. The number of amides is 1. The molecule has 9 heteroatoms. The van der Waals surface area contributed by atoms with Crippen LogP contribution in [0.1, 0.15) is 19.4 Å². The van der Waals surface area contributed by atoms with Crippen LogP contribution < -0.4 is 10.1 Å². The smallest absolute Gasteiger partial charge is 0.262 e. The second kappa shape index (κ2) is 9.87. The minimum absolute atomic E-state index is 0.166. The number of carbonyl (C=O) groups is 1. The SMILES string of the molecule is CCN(CC)S(=O)(=O)c1ccc(NC(=O)COc2c(C)cc(Br)cc2Br)cc1. The molecule has 152 valence electrons. The lowest BCUT2D eigenvalue weighted by molar-refractivity contribution is -0.118. The monoisotopic (exact) mass is 532 g/mol. The zero-order chi connectivity index (χ0) is 20.9. The minimum Gasteiger partial charge on any atom is -0.482 e. The van der Waals surface area contributed by atoms with E-state index in [0.29, 0.717) is 24.5 Å². The van der Waals surface area contributed by atoms with Gasteiger partial charge in [0.05, 0.1) is 9.37 Å². The summed E-state index contributed by atoms with van der Waals surface area (Å²) in [5, 5.41) is 2.70. The largest absolute Gasteiger partial charge is 0.482 e. The number of hydrogen-bond donors (Lipinski definition) is 1. The number of halogens is 2. The maximum Gasteiger partial charge on any atom is 0.262 e. The number of benzene rings is 2. The Hall–Kier alpha value is -1.42. The first-order valence-electron chi connectivity index (χ1n) is 8.67.